The summed E-state index contributed by atoms with van der Waals surface area (Å²) in [7, 11) is 1.31. The van der Waals surface area contributed by atoms with Crippen molar-refractivity contribution in [3.63, 3.8) is 0 Å². The molecule has 7 nitrogen and oxygen atoms in total. The van der Waals surface area contributed by atoms with Crippen molar-refractivity contribution < 1.29 is 22.4 Å². The summed E-state index contributed by atoms with van der Waals surface area (Å²) in [6.07, 6.45) is 8.86. The van der Waals surface area contributed by atoms with Crippen LogP contribution >= 0.6 is 9.24 Å². The summed E-state index contributed by atoms with van der Waals surface area (Å²) in [5.74, 6) is -3.52. The number of halogens is 2. The summed E-state index contributed by atoms with van der Waals surface area (Å²) in [6.45, 7) is 1.69. The summed E-state index contributed by atoms with van der Waals surface area (Å²) < 4.78 is 40.9. The van der Waals surface area contributed by atoms with E-state index in [-0.39, 0.29) is 11.8 Å². The first-order valence-corrected chi connectivity index (χ1v) is 8.62. The van der Waals surface area contributed by atoms with Gasteiger partial charge in [-0.25, -0.2) is 9.78 Å². The summed E-state index contributed by atoms with van der Waals surface area (Å²) >= 11 is 0. The van der Waals surface area contributed by atoms with Gasteiger partial charge in [0.25, 0.3) is 6.01 Å². The molecule has 1 aromatic carbocycles. The lowest BCUT2D eigenvalue weighted by atomic mass is 10.3. The Labute approximate surface area is 160 Å². The van der Waals surface area contributed by atoms with Gasteiger partial charge in [0.1, 0.15) is 11.5 Å². The second kappa shape index (κ2) is 8.22. The fourth-order valence-electron chi connectivity index (χ4n) is 2.25. The number of hydrogen-bond donors (Lipinski definition) is 2. The van der Waals surface area contributed by atoms with E-state index >= 15 is 0 Å². The van der Waals surface area contributed by atoms with Crippen LogP contribution in [0.5, 0.6) is 0 Å². The number of aromatic nitrogens is 2. The predicted octanol–water partition coefficient (Wildman–Crippen LogP) is 4.77. The van der Waals surface area contributed by atoms with E-state index in [1.54, 1.807) is 37.3 Å². The zero-order valence-corrected chi connectivity index (χ0v) is 15.8. The molecule has 2 N–H and O–H groups in total. The highest BCUT2D eigenvalue weighted by Crippen LogP contribution is 2.27. The lowest BCUT2D eigenvalue weighted by Gasteiger charge is -2.12. The molecule has 28 heavy (non-hydrogen) atoms. The van der Waals surface area contributed by atoms with Crippen molar-refractivity contribution in [1.82, 2.24) is 9.97 Å². The summed E-state index contributed by atoms with van der Waals surface area (Å²) in [5.41, 5.74) is 1.58. The predicted molar refractivity (Wildman–Crippen MR) is 104 cm³/mol. The molecule has 3 aromatic rings. The number of H-pyrrole nitrogens is 1. The number of allylic oxidation sites excluding steroid dienone is 4. The van der Waals surface area contributed by atoms with Crippen molar-refractivity contribution in [3.8, 4) is 0 Å². The molecule has 0 bridgehead atoms. The van der Waals surface area contributed by atoms with Gasteiger partial charge in [0.2, 0.25) is 0 Å². The van der Waals surface area contributed by atoms with E-state index in [0.29, 0.717) is 22.5 Å². The smallest absolute Gasteiger partial charge is 0.417 e. The van der Waals surface area contributed by atoms with Crippen LogP contribution in [0.25, 0.3) is 17.2 Å². The van der Waals surface area contributed by atoms with E-state index in [0.717, 1.165) is 0 Å². The topological polar surface area (TPSA) is 93.3 Å². The highest BCUT2D eigenvalue weighted by molar-refractivity contribution is 7.17. The number of aromatic amines is 1. The van der Waals surface area contributed by atoms with Gasteiger partial charge in [0.05, 0.1) is 11.7 Å². The molecule has 0 aliphatic carbocycles. The van der Waals surface area contributed by atoms with Gasteiger partial charge in [-0.2, -0.15) is 8.78 Å². The molecular weight excluding hydrogens is 391 g/mol. The highest BCUT2D eigenvalue weighted by atomic mass is 31.0. The average Bonchev–Trinajstić information content (AvgIpc) is 3.18. The molecule has 3 rings (SSSR count). The first-order chi connectivity index (χ1) is 13.3. The maximum absolute atomic E-state index is 12.9. The van der Waals surface area contributed by atoms with Crippen molar-refractivity contribution >= 4 is 38.1 Å². The van der Waals surface area contributed by atoms with Crippen molar-refractivity contribution in [2.75, 3.05) is 5.32 Å². The van der Waals surface area contributed by atoms with Crippen LogP contribution in [-0.2, 0) is 4.74 Å². The number of ether oxygens (including phenoxy) is 1. The Balaban J connectivity index is 1.69. The van der Waals surface area contributed by atoms with Crippen LogP contribution in [-0.4, -0.2) is 15.8 Å². The van der Waals surface area contributed by atoms with Crippen LogP contribution in [0.4, 0.5) is 20.5 Å². The number of alkyl halides is 2. The van der Waals surface area contributed by atoms with Gasteiger partial charge < -0.3 is 18.9 Å². The zero-order valence-electron chi connectivity index (χ0n) is 14.6. The first-order valence-electron chi connectivity index (χ1n) is 8.05. The average molecular weight is 407 g/mol. The SMILES string of the molecule is C\C=C/C(=C\C=C\c1cnc(Nc2ccc3[nH]c(=O)oc3c2)o1)OC(F)(F)P. The Bertz CT molecular complexity index is 1110. The van der Waals surface area contributed by atoms with Crippen molar-refractivity contribution in [2.45, 2.75) is 12.8 Å². The summed E-state index contributed by atoms with van der Waals surface area (Å²) in [4.78, 5) is 17.8. The number of nitrogens with zero attached hydrogens (tertiary/aromatic N) is 1. The number of fused-ring (bicyclic) bond motifs is 1. The molecule has 0 spiro atoms. The molecule has 2 aromatic heterocycles. The Morgan fingerprint density at radius 3 is 2.96 bits per heavy atom. The van der Waals surface area contributed by atoms with E-state index in [4.69, 9.17) is 8.83 Å². The minimum absolute atomic E-state index is 0.0158. The van der Waals surface area contributed by atoms with Crippen LogP contribution in [0, 0.1) is 0 Å². The van der Waals surface area contributed by atoms with E-state index in [1.807, 2.05) is 0 Å². The largest absolute Gasteiger partial charge is 0.430 e. The molecule has 0 saturated carbocycles. The fourth-order valence-corrected chi connectivity index (χ4v) is 2.39. The van der Waals surface area contributed by atoms with Gasteiger partial charge in [-0.3, -0.25) is 4.98 Å². The third kappa shape index (κ3) is 5.40. The van der Waals surface area contributed by atoms with Gasteiger partial charge in [-0.05, 0) is 46.5 Å². The Morgan fingerprint density at radius 1 is 1.39 bits per heavy atom. The van der Waals surface area contributed by atoms with E-state index in [9.17, 15) is 13.6 Å². The van der Waals surface area contributed by atoms with Gasteiger partial charge in [0.15, 0.2) is 5.58 Å². The quantitative estimate of drug-likeness (QED) is 0.333. The minimum Gasteiger partial charge on any atom is -0.430 e. The molecule has 146 valence electrons. The molecule has 1 unspecified atom stereocenters. The molecule has 10 heteroatoms. The van der Waals surface area contributed by atoms with Crippen molar-refractivity contribution in [2.24, 2.45) is 0 Å². The molecule has 0 aliphatic rings. The molecule has 0 amide bonds. The van der Waals surface area contributed by atoms with Gasteiger partial charge in [0, 0.05) is 11.8 Å². The molecular formula is C18H16F2N3O4P. The van der Waals surface area contributed by atoms with Gasteiger partial charge in [-0.1, -0.05) is 12.2 Å². The maximum atomic E-state index is 12.9. The number of nitrogens with one attached hydrogen (secondary N) is 2. The minimum atomic E-state index is -3.36. The zero-order chi connectivity index (χ0) is 20.1. The number of anilines is 2. The van der Waals surface area contributed by atoms with E-state index in [1.165, 1.54) is 33.7 Å². The summed E-state index contributed by atoms with van der Waals surface area (Å²) in [6, 6.07) is 5.24. The van der Waals surface area contributed by atoms with E-state index in [2.05, 4.69) is 20.0 Å². The number of oxazole rings is 2. The summed E-state index contributed by atoms with van der Waals surface area (Å²) in [5, 5.41) is 2.94. The van der Waals surface area contributed by atoms with Crippen LogP contribution in [0.3, 0.4) is 0 Å². The molecule has 0 fully saturated rings. The Morgan fingerprint density at radius 2 is 2.21 bits per heavy atom. The van der Waals surface area contributed by atoms with Crippen LogP contribution in [0.2, 0.25) is 0 Å². The monoisotopic (exact) mass is 407 g/mol. The molecule has 2 heterocycles. The van der Waals surface area contributed by atoms with Crippen molar-refractivity contribution in [3.05, 3.63) is 70.8 Å². The standard InChI is InChI=1S/C18H16F2N3O4P/c1-2-4-12(27-18(19,20)28)5-3-6-13-10-21-16(25-13)22-11-7-8-14-15(9-11)26-17(24)23-14/h2-10H,28H2,1H3,(H,21,22)(H,23,24)/b4-2-,6-3+,12-5+. The normalized spacial score (nSPS) is 13.1. The van der Waals surface area contributed by atoms with Crippen LogP contribution in [0.1, 0.15) is 12.7 Å². The van der Waals surface area contributed by atoms with Crippen LogP contribution in [0.15, 0.2) is 68.1 Å². The Kier molecular flexibility index (Phi) is 5.75. The molecule has 0 saturated heterocycles. The van der Waals surface area contributed by atoms with Gasteiger partial charge >= 0.3 is 11.6 Å². The lowest BCUT2D eigenvalue weighted by Crippen LogP contribution is -2.09. The number of hydrogen-bond acceptors (Lipinski definition) is 6. The fraction of sp³-hybridized carbons (Fsp3) is 0.111. The second-order valence-corrected chi connectivity index (χ2v) is 6.18. The number of benzene rings is 1. The van der Waals surface area contributed by atoms with Crippen molar-refractivity contribution in [1.29, 1.82) is 0 Å². The molecule has 0 aliphatic heterocycles. The molecule has 0 radical (unpaired) electrons. The Hall–Kier alpha value is -3.19. The van der Waals surface area contributed by atoms with E-state index < -0.39 is 11.6 Å². The second-order valence-electron chi connectivity index (χ2n) is 5.51. The lowest BCUT2D eigenvalue weighted by molar-refractivity contribution is -0.129. The maximum Gasteiger partial charge on any atom is 0.417 e. The van der Waals surface area contributed by atoms with Gasteiger partial charge in [-0.15, -0.1) is 0 Å². The number of rotatable bonds is 7. The van der Waals surface area contributed by atoms with Crippen LogP contribution < -0.4 is 11.1 Å². The third-order valence-electron chi connectivity index (χ3n) is 3.30. The molecule has 1 atom stereocenters. The third-order valence-corrected chi connectivity index (χ3v) is 3.42. The highest BCUT2D eigenvalue weighted by Gasteiger charge is 2.23. The first kappa shape index (κ1) is 19.6.